The number of imidazole rings is 1. The molecule has 0 saturated carbocycles. The van der Waals surface area contributed by atoms with Gasteiger partial charge in [-0.15, -0.1) is 0 Å². The molecule has 3 N–H and O–H groups in total. The van der Waals surface area contributed by atoms with Gasteiger partial charge in [0.15, 0.2) is 0 Å². The number of H-pyrrole nitrogens is 1. The zero-order valence-corrected chi connectivity index (χ0v) is 11.7. The first-order valence-corrected chi connectivity index (χ1v) is 7.09. The minimum absolute atomic E-state index is 0.650. The van der Waals surface area contributed by atoms with Crippen LogP contribution in [0, 0.1) is 0 Å². The van der Waals surface area contributed by atoms with Gasteiger partial charge in [-0.05, 0) is 42.6 Å². The quantitative estimate of drug-likeness (QED) is 0.760. The second-order valence-corrected chi connectivity index (χ2v) is 4.99. The molecule has 0 bridgehead atoms. The highest BCUT2D eigenvalue weighted by Crippen LogP contribution is 2.24. The Morgan fingerprint density at radius 1 is 1.15 bits per heavy atom. The van der Waals surface area contributed by atoms with Crippen LogP contribution in [0.2, 0.25) is 0 Å². The van der Waals surface area contributed by atoms with Crippen molar-refractivity contribution in [1.29, 1.82) is 0 Å². The number of aryl methyl sites for hydroxylation is 1. The van der Waals surface area contributed by atoms with Gasteiger partial charge >= 0.3 is 0 Å². The van der Waals surface area contributed by atoms with Crippen LogP contribution in [0.1, 0.15) is 18.1 Å². The molecular formula is C17H19N3. The number of nitrogens with zero attached hydrogens (tertiary/aromatic N) is 1. The Kier molecular flexibility index (Phi) is 3.52. The molecule has 0 spiro atoms. The average molecular weight is 265 g/mol. The van der Waals surface area contributed by atoms with Gasteiger partial charge < -0.3 is 10.7 Å². The molecule has 1 aromatic heterocycles. The largest absolute Gasteiger partial charge is 0.338 e. The van der Waals surface area contributed by atoms with E-state index in [9.17, 15) is 0 Å². The molecule has 0 amide bonds. The van der Waals surface area contributed by atoms with Gasteiger partial charge in [0.25, 0.3) is 0 Å². The van der Waals surface area contributed by atoms with E-state index in [2.05, 4.69) is 42.2 Å². The summed E-state index contributed by atoms with van der Waals surface area (Å²) in [5, 5.41) is 0. The lowest BCUT2D eigenvalue weighted by atomic mass is 10.0. The third-order valence-electron chi connectivity index (χ3n) is 3.64. The maximum Gasteiger partial charge on any atom is 0.138 e. The molecule has 2 aromatic carbocycles. The van der Waals surface area contributed by atoms with Gasteiger partial charge in [0.2, 0.25) is 0 Å². The zero-order valence-electron chi connectivity index (χ0n) is 11.7. The van der Waals surface area contributed by atoms with Gasteiger partial charge in [0, 0.05) is 5.56 Å². The van der Waals surface area contributed by atoms with Crippen molar-refractivity contribution in [3.8, 4) is 11.4 Å². The minimum atomic E-state index is 0.650. The Morgan fingerprint density at radius 2 is 2.00 bits per heavy atom. The first kappa shape index (κ1) is 12.9. The van der Waals surface area contributed by atoms with Crippen LogP contribution in [0.5, 0.6) is 0 Å². The van der Waals surface area contributed by atoms with Gasteiger partial charge in [0.1, 0.15) is 5.82 Å². The molecule has 0 radical (unpaired) electrons. The fourth-order valence-corrected chi connectivity index (χ4v) is 2.53. The number of nitrogens with two attached hydrogens (primary N) is 1. The van der Waals surface area contributed by atoms with Gasteiger partial charge in [-0.3, -0.25) is 0 Å². The van der Waals surface area contributed by atoms with Crippen LogP contribution in [-0.2, 0) is 12.8 Å². The van der Waals surface area contributed by atoms with Crippen LogP contribution in [0.15, 0.2) is 42.5 Å². The maximum absolute atomic E-state index is 5.69. The normalized spacial score (nSPS) is 11.1. The van der Waals surface area contributed by atoms with Crippen LogP contribution >= 0.6 is 0 Å². The standard InChI is InChI=1S/C17H19N3/c1-2-12-7-8-15-16(11-12)20-17(19-15)14-6-4-3-5-13(14)9-10-18/h3-8,11H,2,9-10,18H2,1H3,(H,19,20). The Hall–Kier alpha value is -2.13. The van der Waals surface area contributed by atoms with Crippen LogP contribution in [-0.4, -0.2) is 16.5 Å². The molecule has 0 aliphatic carbocycles. The van der Waals surface area contributed by atoms with Gasteiger partial charge in [-0.1, -0.05) is 37.3 Å². The second-order valence-electron chi connectivity index (χ2n) is 4.99. The summed E-state index contributed by atoms with van der Waals surface area (Å²) < 4.78 is 0. The molecule has 3 rings (SSSR count). The number of benzene rings is 2. The van der Waals surface area contributed by atoms with Crippen LogP contribution in [0.3, 0.4) is 0 Å². The molecular weight excluding hydrogens is 246 g/mol. The number of fused-ring (bicyclic) bond motifs is 1. The molecule has 0 aliphatic heterocycles. The van der Waals surface area contributed by atoms with Crippen molar-refractivity contribution in [3.05, 3.63) is 53.6 Å². The Labute approximate surface area is 118 Å². The smallest absolute Gasteiger partial charge is 0.138 e. The SMILES string of the molecule is CCc1ccc2nc(-c3ccccc3CCN)[nH]c2c1. The Bertz CT molecular complexity index is 728. The van der Waals surface area contributed by atoms with Crippen molar-refractivity contribution < 1.29 is 0 Å². The highest BCUT2D eigenvalue weighted by Gasteiger charge is 2.09. The molecule has 1 heterocycles. The van der Waals surface area contributed by atoms with Gasteiger partial charge in [-0.25, -0.2) is 4.98 Å². The summed E-state index contributed by atoms with van der Waals surface area (Å²) in [6, 6.07) is 14.7. The predicted octanol–water partition coefficient (Wildman–Crippen LogP) is 3.29. The molecule has 0 saturated heterocycles. The summed E-state index contributed by atoms with van der Waals surface area (Å²) in [7, 11) is 0. The van der Waals surface area contributed by atoms with Gasteiger partial charge in [0.05, 0.1) is 11.0 Å². The van der Waals surface area contributed by atoms with E-state index in [0.29, 0.717) is 6.54 Å². The maximum atomic E-state index is 5.69. The highest BCUT2D eigenvalue weighted by atomic mass is 14.9. The monoisotopic (exact) mass is 265 g/mol. The molecule has 3 aromatic rings. The van der Waals surface area contributed by atoms with Crippen LogP contribution in [0.4, 0.5) is 0 Å². The van der Waals surface area contributed by atoms with E-state index < -0.39 is 0 Å². The number of hydrogen-bond acceptors (Lipinski definition) is 2. The van der Waals surface area contributed by atoms with Crippen molar-refractivity contribution in [1.82, 2.24) is 9.97 Å². The first-order chi connectivity index (χ1) is 9.81. The third kappa shape index (κ3) is 2.32. The molecule has 3 nitrogen and oxygen atoms in total. The molecule has 102 valence electrons. The van der Waals surface area contributed by atoms with Gasteiger partial charge in [-0.2, -0.15) is 0 Å². The van der Waals surface area contributed by atoms with Crippen molar-refractivity contribution in [3.63, 3.8) is 0 Å². The molecule has 3 heteroatoms. The minimum Gasteiger partial charge on any atom is -0.338 e. The summed E-state index contributed by atoms with van der Waals surface area (Å²) in [6.07, 6.45) is 1.90. The number of rotatable bonds is 4. The first-order valence-electron chi connectivity index (χ1n) is 7.09. The fraction of sp³-hybridized carbons (Fsp3) is 0.235. The van der Waals surface area contributed by atoms with E-state index in [1.54, 1.807) is 0 Å². The second kappa shape index (κ2) is 5.47. The van der Waals surface area contributed by atoms with E-state index >= 15 is 0 Å². The van der Waals surface area contributed by atoms with E-state index in [-0.39, 0.29) is 0 Å². The van der Waals surface area contributed by atoms with Crippen LogP contribution < -0.4 is 5.73 Å². The predicted molar refractivity (Wildman–Crippen MR) is 83.7 cm³/mol. The van der Waals surface area contributed by atoms with E-state index in [1.807, 2.05) is 12.1 Å². The summed E-state index contributed by atoms with van der Waals surface area (Å²) in [4.78, 5) is 8.14. The van der Waals surface area contributed by atoms with Crippen molar-refractivity contribution in [2.24, 2.45) is 5.73 Å². The lowest BCUT2D eigenvalue weighted by Crippen LogP contribution is -2.04. The topological polar surface area (TPSA) is 54.7 Å². The lowest BCUT2D eigenvalue weighted by Gasteiger charge is -2.05. The summed E-state index contributed by atoms with van der Waals surface area (Å²) >= 11 is 0. The number of nitrogens with one attached hydrogen (secondary N) is 1. The third-order valence-corrected chi connectivity index (χ3v) is 3.64. The Balaban J connectivity index is 2.10. The average Bonchev–Trinajstić information content (AvgIpc) is 2.90. The number of aromatic nitrogens is 2. The van der Waals surface area contributed by atoms with Crippen molar-refractivity contribution >= 4 is 11.0 Å². The van der Waals surface area contributed by atoms with Crippen molar-refractivity contribution in [2.75, 3.05) is 6.54 Å². The van der Waals surface area contributed by atoms with Crippen LogP contribution in [0.25, 0.3) is 22.4 Å². The molecule has 20 heavy (non-hydrogen) atoms. The molecule has 0 atom stereocenters. The molecule has 0 fully saturated rings. The number of aromatic amines is 1. The summed E-state index contributed by atoms with van der Waals surface area (Å²) in [5.41, 5.74) is 11.5. The van der Waals surface area contributed by atoms with E-state index in [4.69, 9.17) is 10.7 Å². The van der Waals surface area contributed by atoms with E-state index in [1.165, 1.54) is 11.1 Å². The fourth-order valence-electron chi connectivity index (χ4n) is 2.53. The Morgan fingerprint density at radius 3 is 2.80 bits per heavy atom. The summed E-state index contributed by atoms with van der Waals surface area (Å²) in [5.74, 6) is 0.928. The highest BCUT2D eigenvalue weighted by molar-refractivity contribution is 5.80. The van der Waals surface area contributed by atoms with E-state index in [0.717, 1.165) is 35.3 Å². The van der Waals surface area contributed by atoms with Crippen molar-refractivity contribution in [2.45, 2.75) is 19.8 Å². The lowest BCUT2D eigenvalue weighted by molar-refractivity contribution is 0.968. The number of hydrogen-bond donors (Lipinski definition) is 2. The zero-order chi connectivity index (χ0) is 13.9. The molecule has 0 aliphatic rings. The molecule has 0 unspecified atom stereocenters. The summed E-state index contributed by atoms with van der Waals surface area (Å²) in [6.45, 7) is 2.81.